The minimum atomic E-state index is -4.12. The van der Waals surface area contributed by atoms with Crippen LogP contribution in [0.1, 0.15) is 5.69 Å². The van der Waals surface area contributed by atoms with Crippen molar-refractivity contribution in [1.82, 2.24) is 20.3 Å². The van der Waals surface area contributed by atoms with E-state index < -0.39 is 19.0 Å². The van der Waals surface area contributed by atoms with Gasteiger partial charge in [0.2, 0.25) is 0 Å². The number of halogens is 4. The highest BCUT2D eigenvalue weighted by Crippen LogP contribution is 2.22. The van der Waals surface area contributed by atoms with E-state index in [1.165, 1.54) is 4.68 Å². The Morgan fingerprint density at radius 2 is 2.16 bits per heavy atom. The van der Waals surface area contributed by atoms with Crippen LogP contribution in [0.4, 0.5) is 17.6 Å². The van der Waals surface area contributed by atoms with E-state index in [1.807, 2.05) is 0 Å². The zero-order valence-corrected chi connectivity index (χ0v) is 10.6. The summed E-state index contributed by atoms with van der Waals surface area (Å²) in [5.74, 6) is -4.12. The van der Waals surface area contributed by atoms with Crippen LogP contribution in [0.5, 0.6) is 0 Å². The summed E-state index contributed by atoms with van der Waals surface area (Å²) in [5.41, 5.74) is 0.658. The molecule has 0 aliphatic carbocycles. The molecular formula is C10H16F4N4O. The van der Waals surface area contributed by atoms with Crippen molar-refractivity contribution in [3.63, 3.8) is 0 Å². The molecule has 110 valence electrons. The lowest BCUT2D eigenvalue weighted by molar-refractivity contribution is -0.166. The van der Waals surface area contributed by atoms with E-state index in [-0.39, 0.29) is 12.6 Å². The van der Waals surface area contributed by atoms with Gasteiger partial charge in [-0.1, -0.05) is 5.21 Å². The van der Waals surface area contributed by atoms with Crippen molar-refractivity contribution in [2.24, 2.45) is 7.05 Å². The highest BCUT2D eigenvalue weighted by Gasteiger charge is 2.41. The lowest BCUT2D eigenvalue weighted by atomic mass is 10.2. The maximum absolute atomic E-state index is 12.6. The second-order valence-corrected chi connectivity index (χ2v) is 4.15. The van der Waals surface area contributed by atoms with Crippen LogP contribution in [0.15, 0.2) is 6.20 Å². The Labute approximate surface area is 107 Å². The zero-order chi connectivity index (χ0) is 14.5. The van der Waals surface area contributed by atoms with Gasteiger partial charge in [-0.25, -0.2) is 8.78 Å². The average molecular weight is 284 g/mol. The molecule has 1 heterocycles. The minimum Gasteiger partial charge on any atom is -0.373 e. The molecule has 9 heteroatoms. The zero-order valence-electron chi connectivity index (χ0n) is 10.6. The van der Waals surface area contributed by atoms with Gasteiger partial charge in [-0.2, -0.15) is 8.78 Å². The molecule has 0 saturated carbocycles. The molecule has 1 unspecified atom stereocenters. The molecule has 1 aromatic rings. The topological polar surface area (TPSA) is 52.0 Å². The van der Waals surface area contributed by atoms with Crippen LogP contribution in [0.2, 0.25) is 0 Å². The van der Waals surface area contributed by atoms with Crippen molar-refractivity contribution in [1.29, 1.82) is 0 Å². The van der Waals surface area contributed by atoms with Gasteiger partial charge in [-0.05, 0) is 7.05 Å². The SMILES string of the molecule is CNC(COCC(F)(F)C(F)F)Cc1cn(C)nn1. The number of nitrogens with zero attached hydrogens (tertiary/aromatic N) is 3. The van der Waals surface area contributed by atoms with E-state index in [2.05, 4.69) is 20.4 Å². The average Bonchev–Trinajstić information content (AvgIpc) is 2.73. The Kier molecular flexibility index (Phi) is 5.67. The van der Waals surface area contributed by atoms with Crippen LogP contribution in [0, 0.1) is 0 Å². The smallest absolute Gasteiger partial charge is 0.330 e. The summed E-state index contributed by atoms with van der Waals surface area (Å²) in [6.07, 6.45) is -1.64. The van der Waals surface area contributed by atoms with Crippen molar-refractivity contribution < 1.29 is 22.3 Å². The van der Waals surface area contributed by atoms with Crippen molar-refractivity contribution in [3.8, 4) is 0 Å². The first kappa shape index (κ1) is 15.8. The first-order chi connectivity index (χ1) is 8.85. The lowest BCUT2D eigenvalue weighted by Gasteiger charge is -2.19. The number of rotatable bonds is 8. The van der Waals surface area contributed by atoms with Crippen molar-refractivity contribution in [3.05, 3.63) is 11.9 Å². The molecule has 1 N–H and O–H groups in total. The van der Waals surface area contributed by atoms with Gasteiger partial charge in [-0.3, -0.25) is 4.68 Å². The maximum atomic E-state index is 12.6. The Balaban J connectivity index is 2.37. The quantitative estimate of drug-likeness (QED) is 0.720. The molecule has 1 aromatic heterocycles. The van der Waals surface area contributed by atoms with E-state index in [9.17, 15) is 17.6 Å². The number of ether oxygens (including phenoxy) is 1. The molecule has 0 fully saturated rings. The first-order valence-corrected chi connectivity index (χ1v) is 5.61. The van der Waals surface area contributed by atoms with E-state index in [4.69, 9.17) is 0 Å². The third-order valence-electron chi connectivity index (χ3n) is 2.45. The molecule has 0 radical (unpaired) electrons. The number of nitrogens with one attached hydrogen (secondary N) is 1. The number of aromatic nitrogens is 3. The fraction of sp³-hybridized carbons (Fsp3) is 0.800. The van der Waals surface area contributed by atoms with E-state index in [0.29, 0.717) is 12.1 Å². The lowest BCUT2D eigenvalue weighted by Crippen LogP contribution is -2.37. The monoisotopic (exact) mass is 284 g/mol. The second-order valence-electron chi connectivity index (χ2n) is 4.15. The van der Waals surface area contributed by atoms with Crippen LogP contribution in [0.25, 0.3) is 0 Å². The Hall–Kier alpha value is -1.22. The largest absolute Gasteiger partial charge is 0.373 e. The van der Waals surface area contributed by atoms with Gasteiger partial charge in [0.1, 0.15) is 6.61 Å². The van der Waals surface area contributed by atoms with Gasteiger partial charge in [0.05, 0.1) is 12.3 Å². The van der Waals surface area contributed by atoms with Crippen molar-refractivity contribution >= 4 is 0 Å². The van der Waals surface area contributed by atoms with Crippen molar-refractivity contribution in [2.75, 3.05) is 20.3 Å². The predicted molar refractivity (Wildman–Crippen MR) is 59.3 cm³/mol. The van der Waals surface area contributed by atoms with E-state index in [0.717, 1.165) is 0 Å². The number of likely N-dealkylation sites (N-methyl/N-ethyl adjacent to an activating group) is 1. The van der Waals surface area contributed by atoms with Gasteiger partial charge in [0.15, 0.2) is 0 Å². The van der Waals surface area contributed by atoms with Crippen LogP contribution < -0.4 is 5.32 Å². The standard InChI is InChI=1S/C10H16F4N4O/c1-15-8(3-7-4-18(2)17-16-7)5-19-6-10(13,14)9(11)12/h4,8-9,15H,3,5-6H2,1-2H3. The Bertz CT molecular complexity index is 385. The van der Waals surface area contributed by atoms with Gasteiger partial charge in [0.25, 0.3) is 0 Å². The molecule has 0 saturated heterocycles. The summed E-state index contributed by atoms with van der Waals surface area (Å²) < 4.78 is 55.2. The predicted octanol–water partition coefficient (Wildman–Crippen LogP) is 0.863. The number of hydrogen-bond acceptors (Lipinski definition) is 4. The minimum absolute atomic E-state index is 0.116. The normalized spacial score (nSPS) is 14.1. The Morgan fingerprint density at radius 3 is 2.63 bits per heavy atom. The van der Waals surface area contributed by atoms with Crippen molar-refractivity contribution in [2.45, 2.75) is 24.8 Å². The Morgan fingerprint density at radius 1 is 1.47 bits per heavy atom. The third kappa shape index (κ3) is 5.11. The highest BCUT2D eigenvalue weighted by molar-refractivity contribution is 4.95. The molecule has 19 heavy (non-hydrogen) atoms. The van der Waals surface area contributed by atoms with E-state index in [1.54, 1.807) is 20.3 Å². The summed E-state index contributed by atoms with van der Waals surface area (Å²) in [6, 6.07) is -0.301. The van der Waals surface area contributed by atoms with E-state index >= 15 is 0 Å². The summed E-state index contributed by atoms with van der Waals surface area (Å²) in [7, 11) is 3.32. The number of aryl methyl sites for hydroxylation is 1. The molecule has 0 aliphatic rings. The molecular weight excluding hydrogens is 268 g/mol. The van der Waals surface area contributed by atoms with Gasteiger partial charge < -0.3 is 10.1 Å². The van der Waals surface area contributed by atoms with Crippen LogP contribution in [0.3, 0.4) is 0 Å². The first-order valence-electron chi connectivity index (χ1n) is 5.61. The second kappa shape index (κ2) is 6.80. The molecule has 0 amide bonds. The van der Waals surface area contributed by atoms with Crippen LogP contribution in [-0.2, 0) is 18.2 Å². The fourth-order valence-corrected chi connectivity index (χ4v) is 1.39. The summed E-state index contributed by atoms with van der Waals surface area (Å²) in [5, 5.41) is 10.4. The third-order valence-corrected chi connectivity index (χ3v) is 2.45. The van der Waals surface area contributed by atoms with Gasteiger partial charge >= 0.3 is 12.3 Å². The summed E-state index contributed by atoms with van der Waals surface area (Å²) >= 11 is 0. The highest BCUT2D eigenvalue weighted by atomic mass is 19.3. The fourth-order valence-electron chi connectivity index (χ4n) is 1.39. The van der Waals surface area contributed by atoms with Crippen LogP contribution in [-0.4, -0.2) is 53.6 Å². The molecule has 0 bridgehead atoms. The molecule has 1 atom stereocenters. The molecule has 1 rings (SSSR count). The number of hydrogen-bond donors (Lipinski definition) is 1. The summed E-state index contributed by atoms with van der Waals surface area (Å²) in [6.45, 7) is -1.42. The molecule has 0 aliphatic heterocycles. The van der Waals surface area contributed by atoms with Crippen LogP contribution >= 0.6 is 0 Å². The number of alkyl halides is 4. The summed E-state index contributed by atoms with van der Waals surface area (Å²) in [4.78, 5) is 0. The van der Waals surface area contributed by atoms with Gasteiger partial charge in [-0.15, -0.1) is 5.10 Å². The molecule has 5 nitrogen and oxygen atoms in total. The molecule has 0 spiro atoms. The maximum Gasteiger partial charge on any atom is 0.330 e. The van der Waals surface area contributed by atoms with Gasteiger partial charge in [0, 0.05) is 25.7 Å². The molecule has 0 aromatic carbocycles.